The van der Waals surface area contributed by atoms with Gasteiger partial charge in [-0.2, -0.15) is 15.3 Å². The van der Waals surface area contributed by atoms with Crippen LogP contribution >= 0.6 is 0 Å². The Balaban J connectivity index is -0.0000000781. The van der Waals surface area contributed by atoms with Crippen molar-refractivity contribution in [1.82, 2.24) is 0 Å². The summed E-state index contributed by atoms with van der Waals surface area (Å²) in [5, 5.41) is 0. The van der Waals surface area contributed by atoms with Gasteiger partial charge in [-0.3, -0.25) is 9.11 Å². The van der Waals surface area contributed by atoms with Crippen LogP contribution in [0.15, 0.2) is 36.4 Å². The number of rotatable bonds is 2. The van der Waals surface area contributed by atoms with Crippen molar-refractivity contribution in [3.05, 3.63) is 43.0 Å². The van der Waals surface area contributed by atoms with Crippen LogP contribution in [-0.4, -0.2) is 29.6 Å². The average Bonchev–Trinajstić information content (AvgIpc) is 2.20. The van der Waals surface area contributed by atoms with E-state index in [9.17, 15) is 0 Å². The largest absolute Gasteiger partial charge is 1.00 e. The maximum atomic E-state index is 8.74. The smallest absolute Gasteiger partial charge is 0.552 e. The monoisotopic (exact) mass is 290 g/mol. The Labute approximate surface area is 131 Å². The molecule has 18 heavy (non-hydrogen) atoms. The SMILES string of the molecule is C[CH-]OCC.O.O=S(=O)(O)O.[Na+].c1ccccc1. The normalized spacial score (nSPS) is 8.22. The molecule has 4 N–H and O–H groups in total. The van der Waals surface area contributed by atoms with Gasteiger partial charge in [0, 0.05) is 6.61 Å². The molecule has 6 nitrogen and oxygen atoms in total. The zero-order valence-electron chi connectivity index (χ0n) is 10.8. The first kappa shape index (κ1) is 26.5. The summed E-state index contributed by atoms with van der Waals surface area (Å²) in [5.74, 6) is 0. The Bertz CT molecular complexity index is 280. The van der Waals surface area contributed by atoms with Crippen molar-refractivity contribution < 1.29 is 57.3 Å². The minimum atomic E-state index is -4.67. The average molecular weight is 290 g/mol. The maximum Gasteiger partial charge on any atom is 1.00 e. The topological polar surface area (TPSA) is 115 Å². The summed E-state index contributed by atoms with van der Waals surface area (Å²) in [4.78, 5) is 0. The van der Waals surface area contributed by atoms with Gasteiger partial charge in [-0.15, -0.1) is 0 Å². The van der Waals surface area contributed by atoms with Crippen molar-refractivity contribution >= 4 is 10.4 Å². The maximum absolute atomic E-state index is 8.74. The first-order chi connectivity index (χ1) is 7.41. The molecule has 0 aromatic heterocycles. The molecule has 0 saturated heterocycles. The van der Waals surface area contributed by atoms with Gasteiger partial charge in [0.1, 0.15) is 0 Å². The molecule has 0 bridgehead atoms. The Kier molecular flexibility index (Phi) is 28.5. The van der Waals surface area contributed by atoms with E-state index in [4.69, 9.17) is 22.3 Å². The number of hydrogen-bond acceptors (Lipinski definition) is 3. The summed E-state index contributed by atoms with van der Waals surface area (Å²) in [7, 11) is -4.67. The molecule has 102 valence electrons. The van der Waals surface area contributed by atoms with E-state index in [2.05, 4.69) is 0 Å². The molecular weight excluding hydrogens is 271 g/mol. The quantitative estimate of drug-likeness (QED) is 0.387. The van der Waals surface area contributed by atoms with E-state index in [1.165, 1.54) is 0 Å². The predicted octanol–water partition coefficient (Wildman–Crippen LogP) is -1.58. The molecule has 8 heteroatoms. The summed E-state index contributed by atoms with van der Waals surface area (Å²) < 4.78 is 36.3. The number of benzene rings is 1. The predicted molar refractivity (Wildman–Crippen MR) is 65.8 cm³/mol. The first-order valence-electron chi connectivity index (χ1n) is 4.51. The van der Waals surface area contributed by atoms with Crippen LogP contribution in [0.4, 0.5) is 0 Å². The number of ether oxygens (including phenoxy) is 1. The van der Waals surface area contributed by atoms with Crippen molar-refractivity contribution in [3.8, 4) is 0 Å². The molecule has 0 aliphatic rings. The molecule has 1 aromatic rings. The third-order valence-corrected chi connectivity index (χ3v) is 1.00. The summed E-state index contributed by atoms with van der Waals surface area (Å²) in [6, 6.07) is 12.0. The summed E-state index contributed by atoms with van der Waals surface area (Å²) in [6.07, 6.45) is 0. The van der Waals surface area contributed by atoms with Crippen LogP contribution in [0.5, 0.6) is 0 Å². The fourth-order valence-electron chi connectivity index (χ4n) is 0.552. The zero-order chi connectivity index (χ0) is 12.9. The van der Waals surface area contributed by atoms with E-state index in [1.54, 1.807) is 6.61 Å². The van der Waals surface area contributed by atoms with Crippen LogP contribution in [0.3, 0.4) is 0 Å². The molecule has 0 radical (unpaired) electrons. The van der Waals surface area contributed by atoms with Crippen molar-refractivity contribution in [3.63, 3.8) is 0 Å². The molecule has 0 fully saturated rings. The van der Waals surface area contributed by atoms with E-state index in [-0.39, 0.29) is 35.0 Å². The van der Waals surface area contributed by atoms with Crippen molar-refractivity contribution in [2.45, 2.75) is 13.8 Å². The minimum Gasteiger partial charge on any atom is -0.552 e. The molecule has 0 unspecified atom stereocenters. The molecule has 0 saturated carbocycles. The van der Waals surface area contributed by atoms with Gasteiger partial charge in [0.05, 0.1) is 0 Å². The van der Waals surface area contributed by atoms with E-state index in [1.807, 2.05) is 50.2 Å². The molecule has 0 aliphatic carbocycles. The van der Waals surface area contributed by atoms with Crippen LogP contribution in [-0.2, 0) is 15.1 Å². The fraction of sp³-hybridized carbons (Fsp3) is 0.300. The van der Waals surface area contributed by atoms with E-state index < -0.39 is 10.4 Å². The molecule has 1 rings (SSSR count). The molecule has 0 amide bonds. The summed E-state index contributed by atoms with van der Waals surface area (Å²) in [5.41, 5.74) is 0. The Morgan fingerprint density at radius 3 is 1.33 bits per heavy atom. The van der Waals surface area contributed by atoms with Gasteiger partial charge < -0.3 is 10.2 Å². The van der Waals surface area contributed by atoms with Crippen LogP contribution in [0.25, 0.3) is 0 Å². The first-order valence-corrected chi connectivity index (χ1v) is 5.90. The van der Waals surface area contributed by atoms with Crippen LogP contribution in [0.1, 0.15) is 13.8 Å². The third-order valence-electron chi connectivity index (χ3n) is 1.00. The fourth-order valence-corrected chi connectivity index (χ4v) is 0.552. The van der Waals surface area contributed by atoms with Gasteiger partial charge in [0.25, 0.3) is 0 Å². The van der Waals surface area contributed by atoms with Gasteiger partial charge in [0.15, 0.2) is 0 Å². The standard InChI is InChI=1S/C6H6.C4H9O.Na.H2O4S.H2O/c1-2-4-6-5-3-1;1-3-5-4-2;;1-5(2,3)4;/h1-6H;3H,4H2,1-2H3;;(H2,1,2,3,4);1H2/q;-1;+1;;. The van der Waals surface area contributed by atoms with Gasteiger partial charge in [-0.1, -0.05) is 36.4 Å². The molecule has 0 heterocycles. The Hall–Kier alpha value is 0.01000. The molecule has 1 aromatic carbocycles. The molecular formula is C10H19NaO6S. The Morgan fingerprint density at radius 2 is 1.28 bits per heavy atom. The van der Waals surface area contributed by atoms with Crippen LogP contribution in [0.2, 0.25) is 0 Å². The van der Waals surface area contributed by atoms with Crippen molar-refractivity contribution in [2.24, 2.45) is 0 Å². The second kappa shape index (κ2) is 19.4. The summed E-state index contributed by atoms with van der Waals surface area (Å²) >= 11 is 0. The van der Waals surface area contributed by atoms with Crippen LogP contribution in [0, 0.1) is 6.61 Å². The van der Waals surface area contributed by atoms with E-state index in [0.29, 0.717) is 0 Å². The van der Waals surface area contributed by atoms with Gasteiger partial charge >= 0.3 is 40.0 Å². The zero-order valence-corrected chi connectivity index (χ0v) is 13.6. The molecule has 0 atom stereocenters. The van der Waals surface area contributed by atoms with Crippen molar-refractivity contribution in [2.75, 3.05) is 6.61 Å². The van der Waals surface area contributed by atoms with E-state index >= 15 is 0 Å². The van der Waals surface area contributed by atoms with Gasteiger partial charge in [-0.05, 0) is 6.92 Å². The summed E-state index contributed by atoms with van der Waals surface area (Å²) in [6.45, 7) is 6.29. The number of hydrogen-bond donors (Lipinski definition) is 2. The third kappa shape index (κ3) is 56.2. The second-order valence-electron chi connectivity index (χ2n) is 2.29. The minimum absolute atomic E-state index is 0. The molecule has 0 spiro atoms. The van der Waals surface area contributed by atoms with Crippen LogP contribution < -0.4 is 29.6 Å². The van der Waals surface area contributed by atoms with E-state index in [0.717, 1.165) is 6.61 Å². The van der Waals surface area contributed by atoms with Crippen molar-refractivity contribution in [1.29, 1.82) is 0 Å². The second-order valence-corrected chi connectivity index (χ2v) is 3.19. The van der Waals surface area contributed by atoms with Gasteiger partial charge in [0.2, 0.25) is 0 Å². The molecule has 0 aliphatic heterocycles. The van der Waals surface area contributed by atoms with Gasteiger partial charge in [-0.25, -0.2) is 6.61 Å². The Morgan fingerprint density at radius 1 is 1.06 bits per heavy atom.